The van der Waals surface area contributed by atoms with Gasteiger partial charge in [-0.1, -0.05) is 37.3 Å². The van der Waals surface area contributed by atoms with Crippen molar-refractivity contribution < 1.29 is 19.1 Å². The number of thiophene rings is 1. The molecule has 2 aromatic carbocycles. The van der Waals surface area contributed by atoms with Crippen LogP contribution in [0.2, 0.25) is 0 Å². The number of aryl methyl sites for hydroxylation is 1. The van der Waals surface area contributed by atoms with Crippen molar-refractivity contribution in [2.24, 2.45) is 0 Å². The number of esters is 1. The number of benzene rings is 2. The van der Waals surface area contributed by atoms with E-state index >= 15 is 0 Å². The van der Waals surface area contributed by atoms with Crippen LogP contribution in [-0.2, 0) is 4.74 Å². The fourth-order valence-electron chi connectivity index (χ4n) is 3.19. The lowest BCUT2D eigenvalue weighted by atomic mass is 10.0. The molecular weight excluding hydrogens is 412 g/mol. The van der Waals surface area contributed by atoms with E-state index in [1.165, 1.54) is 11.3 Å². The third-order valence-corrected chi connectivity index (χ3v) is 5.61. The molecule has 0 bridgehead atoms. The molecular formula is C24H26N2O4S. The van der Waals surface area contributed by atoms with Crippen LogP contribution in [0.4, 0.5) is 10.7 Å². The number of nitrogen functional groups attached to an aromatic ring is 1. The molecule has 0 radical (unpaired) electrons. The highest BCUT2D eigenvalue weighted by atomic mass is 32.1. The maximum Gasteiger partial charge on any atom is 0.341 e. The minimum absolute atomic E-state index is 0.241. The van der Waals surface area contributed by atoms with Crippen LogP contribution in [0.25, 0.3) is 11.1 Å². The number of anilines is 2. The standard InChI is InChI=1S/C24H26N2O4S/c1-4-13-30-19-12-11-17(14-18(19)25)22(27)26-23-21(24(28)29-5-2)20(15(3)31-23)16-9-7-6-8-10-16/h6-12,14H,4-5,13,25H2,1-3H3,(H,26,27). The van der Waals surface area contributed by atoms with Gasteiger partial charge in [0.15, 0.2) is 0 Å². The molecule has 3 rings (SSSR count). The van der Waals surface area contributed by atoms with E-state index in [9.17, 15) is 9.59 Å². The van der Waals surface area contributed by atoms with Gasteiger partial charge >= 0.3 is 5.97 Å². The van der Waals surface area contributed by atoms with Crippen molar-refractivity contribution in [2.45, 2.75) is 27.2 Å². The van der Waals surface area contributed by atoms with Gasteiger partial charge in [0.1, 0.15) is 16.3 Å². The minimum atomic E-state index is -0.469. The van der Waals surface area contributed by atoms with Crippen molar-refractivity contribution in [1.82, 2.24) is 0 Å². The molecule has 1 amide bonds. The van der Waals surface area contributed by atoms with Gasteiger partial charge < -0.3 is 20.5 Å². The van der Waals surface area contributed by atoms with E-state index in [-0.39, 0.29) is 12.5 Å². The molecule has 3 N–H and O–H groups in total. The molecule has 162 valence electrons. The van der Waals surface area contributed by atoms with Gasteiger partial charge in [-0.25, -0.2) is 4.79 Å². The predicted molar refractivity (Wildman–Crippen MR) is 125 cm³/mol. The Morgan fingerprint density at radius 1 is 1.10 bits per heavy atom. The normalized spacial score (nSPS) is 10.5. The third kappa shape index (κ3) is 5.06. The Balaban J connectivity index is 1.95. The number of carbonyl (C=O) groups excluding carboxylic acids is 2. The van der Waals surface area contributed by atoms with Crippen LogP contribution in [0.3, 0.4) is 0 Å². The van der Waals surface area contributed by atoms with Crippen LogP contribution in [0.15, 0.2) is 48.5 Å². The molecule has 0 atom stereocenters. The smallest absolute Gasteiger partial charge is 0.341 e. The van der Waals surface area contributed by atoms with Crippen molar-refractivity contribution in [3.63, 3.8) is 0 Å². The summed E-state index contributed by atoms with van der Waals surface area (Å²) in [6, 6.07) is 14.5. The zero-order chi connectivity index (χ0) is 22.4. The highest BCUT2D eigenvalue weighted by Crippen LogP contribution is 2.40. The Morgan fingerprint density at radius 2 is 1.84 bits per heavy atom. The first kappa shape index (κ1) is 22.4. The van der Waals surface area contributed by atoms with E-state index in [0.717, 1.165) is 22.4 Å². The monoisotopic (exact) mass is 438 g/mol. The molecule has 0 aliphatic rings. The minimum Gasteiger partial charge on any atom is -0.491 e. The van der Waals surface area contributed by atoms with Crippen molar-refractivity contribution in [3.05, 3.63) is 64.5 Å². The van der Waals surface area contributed by atoms with Crippen LogP contribution in [0.1, 0.15) is 45.9 Å². The Bertz CT molecular complexity index is 1080. The number of nitrogens with two attached hydrogens (primary N) is 1. The molecule has 3 aromatic rings. The van der Waals surface area contributed by atoms with E-state index in [2.05, 4.69) is 5.32 Å². The lowest BCUT2D eigenvalue weighted by Crippen LogP contribution is -2.15. The first-order valence-electron chi connectivity index (χ1n) is 10.2. The molecule has 1 aromatic heterocycles. The number of nitrogens with one attached hydrogen (secondary N) is 1. The van der Waals surface area contributed by atoms with Crippen LogP contribution >= 0.6 is 11.3 Å². The first-order valence-corrected chi connectivity index (χ1v) is 11.0. The highest BCUT2D eigenvalue weighted by molar-refractivity contribution is 7.17. The Hall–Kier alpha value is -3.32. The van der Waals surface area contributed by atoms with Crippen LogP contribution in [-0.4, -0.2) is 25.1 Å². The van der Waals surface area contributed by atoms with E-state index in [1.807, 2.05) is 44.2 Å². The number of amides is 1. The van der Waals surface area contributed by atoms with E-state index in [1.54, 1.807) is 25.1 Å². The zero-order valence-electron chi connectivity index (χ0n) is 17.9. The molecule has 0 saturated heterocycles. The maximum atomic E-state index is 12.9. The Morgan fingerprint density at radius 3 is 2.48 bits per heavy atom. The fourth-order valence-corrected chi connectivity index (χ4v) is 4.25. The average Bonchev–Trinajstić information content (AvgIpc) is 3.09. The lowest BCUT2D eigenvalue weighted by Gasteiger charge is -2.11. The van der Waals surface area contributed by atoms with Crippen LogP contribution in [0, 0.1) is 6.92 Å². The number of rotatable bonds is 8. The first-order chi connectivity index (χ1) is 15.0. The average molecular weight is 439 g/mol. The van der Waals surface area contributed by atoms with E-state index in [4.69, 9.17) is 15.2 Å². The van der Waals surface area contributed by atoms with Gasteiger partial charge in [-0.15, -0.1) is 11.3 Å². The molecule has 0 unspecified atom stereocenters. The zero-order valence-corrected chi connectivity index (χ0v) is 18.7. The van der Waals surface area contributed by atoms with E-state index in [0.29, 0.717) is 34.2 Å². The summed E-state index contributed by atoms with van der Waals surface area (Å²) in [6.45, 7) is 6.47. The largest absolute Gasteiger partial charge is 0.491 e. The second-order valence-electron chi connectivity index (χ2n) is 6.88. The summed E-state index contributed by atoms with van der Waals surface area (Å²) < 4.78 is 10.9. The molecule has 31 heavy (non-hydrogen) atoms. The van der Waals surface area contributed by atoms with Crippen LogP contribution < -0.4 is 15.8 Å². The summed E-state index contributed by atoms with van der Waals surface area (Å²) in [7, 11) is 0. The molecule has 0 spiro atoms. The SMILES string of the molecule is CCCOc1ccc(C(=O)Nc2sc(C)c(-c3ccccc3)c2C(=O)OCC)cc1N. The van der Waals surface area contributed by atoms with Gasteiger partial charge in [0.05, 0.1) is 18.9 Å². The molecule has 0 saturated carbocycles. The van der Waals surface area contributed by atoms with Crippen molar-refractivity contribution >= 4 is 33.9 Å². The highest BCUT2D eigenvalue weighted by Gasteiger charge is 2.25. The number of hydrogen-bond donors (Lipinski definition) is 2. The second kappa shape index (κ2) is 10.1. The summed E-state index contributed by atoms with van der Waals surface area (Å²) >= 11 is 1.34. The van der Waals surface area contributed by atoms with Gasteiger partial charge in [0, 0.05) is 16.0 Å². The number of ether oxygens (including phenoxy) is 2. The topological polar surface area (TPSA) is 90.6 Å². The van der Waals surface area contributed by atoms with Crippen molar-refractivity contribution in [3.8, 4) is 16.9 Å². The molecule has 0 aliphatic carbocycles. The predicted octanol–water partition coefficient (Wildman–Crippen LogP) is 5.52. The Kier molecular flexibility index (Phi) is 7.31. The van der Waals surface area contributed by atoms with Crippen LogP contribution in [0.5, 0.6) is 5.75 Å². The van der Waals surface area contributed by atoms with Crippen molar-refractivity contribution in [1.29, 1.82) is 0 Å². The fraction of sp³-hybridized carbons (Fsp3) is 0.250. The van der Waals surface area contributed by atoms with E-state index < -0.39 is 5.97 Å². The Labute approximate surface area is 186 Å². The summed E-state index contributed by atoms with van der Waals surface area (Å²) in [5, 5.41) is 3.32. The summed E-state index contributed by atoms with van der Waals surface area (Å²) in [6.07, 6.45) is 0.861. The molecule has 0 aliphatic heterocycles. The molecule has 6 nitrogen and oxygen atoms in total. The molecule has 1 heterocycles. The van der Waals surface area contributed by atoms with Gasteiger partial charge in [0.25, 0.3) is 5.91 Å². The van der Waals surface area contributed by atoms with Gasteiger partial charge in [-0.2, -0.15) is 0 Å². The molecule has 0 fully saturated rings. The molecule has 7 heteroatoms. The quantitative estimate of drug-likeness (QED) is 0.357. The van der Waals surface area contributed by atoms with Crippen molar-refractivity contribution in [2.75, 3.05) is 24.3 Å². The number of carbonyl (C=O) groups is 2. The maximum absolute atomic E-state index is 12.9. The summed E-state index contributed by atoms with van der Waals surface area (Å²) in [5.74, 6) is -0.284. The lowest BCUT2D eigenvalue weighted by molar-refractivity contribution is 0.0529. The van der Waals surface area contributed by atoms with Gasteiger partial charge in [-0.3, -0.25) is 4.79 Å². The van der Waals surface area contributed by atoms with Gasteiger partial charge in [-0.05, 0) is 44.0 Å². The number of hydrogen-bond acceptors (Lipinski definition) is 6. The second-order valence-corrected chi connectivity index (χ2v) is 8.10. The van der Waals surface area contributed by atoms with Gasteiger partial charge in [0.2, 0.25) is 0 Å². The summed E-state index contributed by atoms with van der Waals surface area (Å²) in [4.78, 5) is 26.6. The third-order valence-electron chi connectivity index (χ3n) is 4.59. The summed E-state index contributed by atoms with van der Waals surface area (Å²) in [5.41, 5.74) is 8.82.